The SMILES string of the molecule is COc1ccc(C(OCC2=C(OP(OCCC#N)N(C(C)C)C(C)C)C[C@H](n3cnc(NC(=O)COc4ccccc4)nc3=O)O2)(c2ccccc2)c2ccc(C=O)cc2)cc1. The molecule has 1 aliphatic rings. The molecule has 4 aromatic carbocycles. The van der Waals surface area contributed by atoms with Gasteiger partial charge in [-0.1, -0.05) is 84.9 Å². The Balaban J connectivity index is 1.37. The van der Waals surface area contributed by atoms with Crippen molar-refractivity contribution in [3.05, 3.63) is 160 Å². The summed E-state index contributed by atoms with van der Waals surface area (Å²) in [6, 6.07) is 35.3. The van der Waals surface area contributed by atoms with E-state index in [2.05, 4.69) is 26.0 Å². The Hall–Kier alpha value is -6.43. The number of carbonyl (C=O) groups is 2. The predicted octanol–water partition coefficient (Wildman–Crippen LogP) is 7.91. The lowest BCUT2D eigenvalue weighted by molar-refractivity contribution is -0.118. The molecule has 6 rings (SSSR count). The third-order valence-corrected chi connectivity index (χ3v) is 11.8. The number of hydrogen-bond acceptors (Lipinski definition) is 13. The maximum atomic E-state index is 13.6. The summed E-state index contributed by atoms with van der Waals surface area (Å²) in [5.74, 6) is 1.04. The molecule has 1 amide bonds. The van der Waals surface area contributed by atoms with Gasteiger partial charge in [-0.05, 0) is 68.7 Å². The van der Waals surface area contributed by atoms with Crippen molar-refractivity contribution >= 4 is 26.7 Å². The molecule has 1 aliphatic heterocycles. The van der Waals surface area contributed by atoms with Gasteiger partial charge in [0.25, 0.3) is 5.91 Å². The van der Waals surface area contributed by atoms with Gasteiger partial charge in [-0.25, -0.2) is 19.0 Å². The molecule has 0 spiro atoms. The number of carbonyl (C=O) groups excluding carboxylic acids is 2. The molecule has 5 aromatic rings. The minimum absolute atomic E-state index is 0.00591. The summed E-state index contributed by atoms with van der Waals surface area (Å²) in [4.78, 5) is 46.3. The zero-order valence-electron chi connectivity index (χ0n) is 35.2. The highest BCUT2D eigenvalue weighted by Gasteiger charge is 2.41. The normalized spacial score (nSPS) is 15.1. The van der Waals surface area contributed by atoms with Gasteiger partial charge >= 0.3 is 14.2 Å². The van der Waals surface area contributed by atoms with E-state index >= 15 is 0 Å². The summed E-state index contributed by atoms with van der Waals surface area (Å²) in [6.07, 6.45) is 1.25. The van der Waals surface area contributed by atoms with Crippen LogP contribution in [0.5, 0.6) is 11.5 Å². The third kappa shape index (κ3) is 10.9. The van der Waals surface area contributed by atoms with Crippen molar-refractivity contribution in [1.82, 2.24) is 19.2 Å². The van der Waals surface area contributed by atoms with Gasteiger partial charge in [-0.15, -0.1) is 0 Å². The fourth-order valence-corrected chi connectivity index (χ4v) is 8.57. The Bertz CT molecular complexity index is 2380. The van der Waals surface area contributed by atoms with Crippen molar-refractivity contribution in [3.63, 3.8) is 0 Å². The van der Waals surface area contributed by atoms with Crippen LogP contribution in [0.15, 0.2) is 132 Å². The fourth-order valence-electron chi connectivity index (χ4n) is 6.93. The van der Waals surface area contributed by atoms with Crippen LogP contribution in [0.25, 0.3) is 0 Å². The number of anilines is 1. The Morgan fingerprint density at radius 1 is 0.952 bits per heavy atom. The monoisotopic (exact) mass is 860 g/mol. The number of hydrogen-bond donors (Lipinski definition) is 1. The van der Waals surface area contributed by atoms with Crippen LogP contribution < -0.4 is 20.5 Å². The summed E-state index contributed by atoms with van der Waals surface area (Å²) in [5, 5.41) is 11.9. The standard InChI is InChI=1S/C46H49N6O9P/c1-32(2)52(33(3)4)62(59-26-12-25-47)61-40-27-43(51-31-48-44(50-45(51)55)49-42(54)30-57-39-15-10-7-11-16-39)60-41(40)29-58-46(35-13-8-6-9-14-35,36-19-17-34(28-53)18-20-36)37-21-23-38(56-5)24-22-37/h6-11,13-24,28,31-33,43H,12,26-27,29-30H2,1-5H3,(H,49,50,54,55)/t43-,46?,62?/m1/s1. The summed E-state index contributed by atoms with van der Waals surface area (Å²) in [6.45, 7) is 7.76. The zero-order valence-corrected chi connectivity index (χ0v) is 36.1. The highest BCUT2D eigenvalue weighted by atomic mass is 31.2. The number of methoxy groups -OCH3 is 1. The lowest BCUT2D eigenvalue weighted by atomic mass is 9.79. The smallest absolute Gasteiger partial charge is 0.355 e. The first-order chi connectivity index (χ1) is 30.1. The molecule has 1 aromatic heterocycles. The maximum Gasteiger partial charge on any atom is 0.355 e. The fraction of sp³-hybridized carbons (Fsp3) is 0.304. The van der Waals surface area contributed by atoms with E-state index in [4.69, 9.17) is 28.0 Å². The number of aldehydes is 1. The molecule has 1 N–H and O–H groups in total. The lowest BCUT2D eigenvalue weighted by Crippen LogP contribution is -2.34. The first-order valence-corrected chi connectivity index (χ1v) is 21.2. The maximum absolute atomic E-state index is 13.6. The van der Waals surface area contributed by atoms with Gasteiger partial charge in [-0.3, -0.25) is 14.9 Å². The van der Waals surface area contributed by atoms with Crippen LogP contribution in [0.4, 0.5) is 5.95 Å². The van der Waals surface area contributed by atoms with Crippen molar-refractivity contribution in [2.45, 2.75) is 64.4 Å². The van der Waals surface area contributed by atoms with Crippen LogP contribution in [0.2, 0.25) is 0 Å². The van der Waals surface area contributed by atoms with Gasteiger partial charge in [0.1, 0.15) is 36.3 Å². The number of nitriles is 1. The Morgan fingerprint density at radius 3 is 2.18 bits per heavy atom. The Labute approximate surface area is 361 Å². The molecule has 322 valence electrons. The minimum atomic E-state index is -1.80. The van der Waals surface area contributed by atoms with E-state index in [-0.39, 0.29) is 56.5 Å². The molecule has 15 nitrogen and oxygen atoms in total. The van der Waals surface area contributed by atoms with E-state index in [0.29, 0.717) is 22.8 Å². The lowest BCUT2D eigenvalue weighted by Gasteiger charge is -2.36. The minimum Gasteiger partial charge on any atom is -0.497 e. The molecule has 0 bridgehead atoms. The van der Waals surface area contributed by atoms with E-state index in [0.717, 1.165) is 23.0 Å². The van der Waals surface area contributed by atoms with E-state index < -0.39 is 32.0 Å². The number of rotatable bonds is 21. The highest BCUT2D eigenvalue weighted by Crippen LogP contribution is 2.51. The second-order valence-electron chi connectivity index (χ2n) is 14.6. The average Bonchev–Trinajstić information content (AvgIpc) is 3.68. The summed E-state index contributed by atoms with van der Waals surface area (Å²) < 4.78 is 41.1. The highest BCUT2D eigenvalue weighted by molar-refractivity contribution is 7.44. The van der Waals surface area contributed by atoms with E-state index in [1.807, 2.05) is 100 Å². The third-order valence-electron chi connectivity index (χ3n) is 9.75. The largest absolute Gasteiger partial charge is 0.497 e. The van der Waals surface area contributed by atoms with Crippen molar-refractivity contribution < 1.29 is 37.6 Å². The van der Waals surface area contributed by atoms with Crippen molar-refractivity contribution in [3.8, 4) is 17.6 Å². The average molecular weight is 861 g/mol. The van der Waals surface area contributed by atoms with Gasteiger partial charge in [0.2, 0.25) is 5.95 Å². The molecule has 16 heteroatoms. The van der Waals surface area contributed by atoms with Gasteiger partial charge in [0.05, 0.1) is 32.6 Å². The Morgan fingerprint density at radius 2 is 1.58 bits per heavy atom. The first-order valence-electron chi connectivity index (χ1n) is 20.0. The van der Waals surface area contributed by atoms with Gasteiger partial charge in [0, 0.05) is 17.6 Å². The second kappa shape index (κ2) is 21.4. The molecule has 2 heterocycles. The molecule has 0 radical (unpaired) electrons. The molecule has 0 saturated heterocycles. The number of amides is 1. The van der Waals surface area contributed by atoms with E-state index in [9.17, 15) is 19.6 Å². The van der Waals surface area contributed by atoms with Gasteiger partial charge in [-0.2, -0.15) is 10.2 Å². The van der Waals surface area contributed by atoms with Crippen molar-refractivity contribution in [2.75, 3.05) is 32.2 Å². The van der Waals surface area contributed by atoms with Crippen molar-refractivity contribution in [1.29, 1.82) is 5.26 Å². The van der Waals surface area contributed by atoms with Gasteiger partial charge in [0.15, 0.2) is 24.4 Å². The van der Waals surface area contributed by atoms with Crippen LogP contribution in [0, 0.1) is 11.3 Å². The summed E-state index contributed by atoms with van der Waals surface area (Å²) in [7, 11) is -0.208. The molecule has 62 heavy (non-hydrogen) atoms. The number of aromatic nitrogens is 3. The first kappa shape index (κ1) is 45.1. The summed E-state index contributed by atoms with van der Waals surface area (Å²) >= 11 is 0. The predicted molar refractivity (Wildman–Crippen MR) is 232 cm³/mol. The quantitative estimate of drug-likeness (QED) is 0.0326. The molecule has 0 fully saturated rings. The molecule has 2 unspecified atom stereocenters. The zero-order chi connectivity index (χ0) is 44.1. The van der Waals surface area contributed by atoms with Crippen LogP contribution in [-0.2, 0) is 28.9 Å². The number of ether oxygens (including phenoxy) is 4. The topological polar surface area (TPSA) is 176 Å². The van der Waals surface area contributed by atoms with E-state index in [1.165, 1.54) is 10.9 Å². The van der Waals surface area contributed by atoms with Crippen LogP contribution in [0.1, 0.15) is 73.8 Å². The number of benzene rings is 4. The molecule has 3 atom stereocenters. The van der Waals surface area contributed by atoms with E-state index in [1.54, 1.807) is 43.5 Å². The number of nitrogens with zero attached hydrogens (tertiary/aromatic N) is 5. The molecular formula is C46H49N6O9P. The van der Waals surface area contributed by atoms with Crippen molar-refractivity contribution in [2.24, 2.45) is 0 Å². The molecular weight excluding hydrogens is 812 g/mol. The van der Waals surface area contributed by atoms with Crippen LogP contribution in [-0.4, -0.2) is 70.4 Å². The molecule has 0 saturated carbocycles. The summed E-state index contributed by atoms with van der Waals surface area (Å²) in [5.41, 5.74) is 0.747. The van der Waals surface area contributed by atoms with Gasteiger partial charge < -0.3 is 28.0 Å². The van der Waals surface area contributed by atoms with Crippen LogP contribution in [0.3, 0.4) is 0 Å². The molecule has 0 aliphatic carbocycles. The second-order valence-corrected chi connectivity index (χ2v) is 16.0. The Kier molecular flexibility index (Phi) is 15.6. The van der Waals surface area contributed by atoms with Crippen LogP contribution >= 0.6 is 8.53 Å². The number of para-hydroxylation sites is 1. The number of nitrogens with one attached hydrogen (secondary N) is 1.